The predicted octanol–water partition coefficient (Wildman–Crippen LogP) is 0.469. The first kappa shape index (κ1) is 18.6. The van der Waals surface area contributed by atoms with Gasteiger partial charge in [-0.15, -0.1) is 0 Å². The number of carbonyl (C=O) groups is 2. The van der Waals surface area contributed by atoms with Gasteiger partial charge in [-0.25, -0.2) is 4.79 Å². The number of para-hydroxylation sites is 1. The van der Waals surface area contributed by atoms with Crippen LogP contribution in [0.5, 0.6) is 0 Å². The van der Waals surface area contributed by atoms with E-state index in [2.05, 4.69) is 21.6 Å². The quantitative estimate of drug-likeness (QED) is 0.735. The van der Waals surface area contributed by atoms with Crippen molar-refractivity contribution < 1.29 is 9.59 Å². The summed E-state index contributed by atoms with van der Waals surface area (Å²) in [5.74, 6) is -0.258. The highest BCUT2D eigenvalue weighted by molar-refractivity contribution is 6.00. The van der Waals surface area contributed by atoms with Gasteiger partial charge >= 0.3 is 5.69 Å². The summed E-state index contributed by atoms with van der Waals surface area (Å²) in [5.41, 5.74) is 2.68. The van der Waals surface area contributed by atoms with Crippen LogP contribution in [-0.4, -0.2) is 58.1 Å². The number of carbonyl (C=O) groups excluding carboxylic acids is 2. The van der Waals surface area contributed by atoms with Crippen LogP contribution in [0.15, 0.2) is 23.0 Å². The number of piperidine rings is 2. The van der Waals surface area contributed by atoms with Crippen LogP contribution in [0.3, 0.4) is 0 Å². The molecule has 1 aromatic heterocycles. The van der Waals surface area contributed by atoms with Crippen molar-refractivity contribution in [2.45, 2.75) is 43.7 Å². The molecule has 0 aliphatic carbocycles. The van der Waals surface area contributed by atoms with Crippen molar-refractivity contribution in [1.29, 1.82) is 0 Å². The van der Waals surface area contributed by atoms with Gasteiger partial charge in [-0.1, -0.05) is 12.1 Å². The molecule has 8 heteroatoms. The summed E-state index contributed by atoms with van der Waals surface area (Å²) in [5, 5.41) is 5.79. The fourth-order valence-electron chi connectivity index (χ4n) is 5.21. The fourth-order valence-corrected chi connectivity index (χ4v) is 5.21. The van der Waals surface area contributed by atoms with Crippen LogP contribution in [0.4, 0.5) is 0 Å². The molecule has 0 bridgehead atoms. The van der Waals surface area contributed by atoms with Crippen molar-refractivity contribution >= 4 is 22.8 Å². The lowest BCUT2D eigenvalue weighted by Gasteiger charge is -2.46. The zero-order valence-corrected chi connectivity index (χ0v) is 16.7. The van der Waals surface area contributed by atoms with Gasteiger partial charge in [0.2, 0.25) is 11.8 Å². The van der Waals surface area contributed by atoms with Crippen LogP contribution in [-0.2, 0) is 16.6 Å². The second-order valence-corrected chi connectivity index (χ2v) is 8.53. The van der Waals surface area contributed by atoms with Crippen LogP contribution in [0.1, 0.15) is 43.2 Å². The molecule has 0 saturated carbocycles. The standard InChI is InChI=1S/C21H27N5O3/c1-24-19-15(13-11-25(12-13)14-7-9-22-10-8-14)3-2-4-16(19)26(21(24)29)17-5-6-18(27)23-20(17)28/h2-4,13-14,17,22H,5-12H2,1H3,(H,23,27,28). The summed E-state index contributed by atoms with van der Waals surface area (Å²) in [4.78, 5) is 39.5. The first-order valence-corrected chi connectivity index (χ1v) is 10.5. The molecule has 154 valence electrons. The van der Waals surface area contributed by atoms with Crippen LogP contribution >= 0.6 is 0 Å². The number of nitrogens with one attached hydrogen (secondary N) is 2. The van der Waals surface area contributed by atoms with Crippen molar-refractivity contribution in [3.05, 3.63) is 34.2 Å². The van der Waals surface area contributed by atoms with Gasteiger partial charge in [0.25, 0.3) is 0 Å². The van der Waals surface area contributed by atoms with Gasteiger partial charge in [0.05, 0.1) is 11.0 Å². The van der Waals surface area contributed by atoms with Crippen LogP contribution < -0.4 is 16.3 Å². The molecule has 3 aliphatic heterocycles. The molecule has 8 nitrogen and oxygen atoms in total. The minimum atomic E-state index is -0.633. The number of benzene rings is 1. The number of aryl methyl sites for hydroxylation is 1. The topological polar surface area (TPSA) is 88.4 Å². The van der Waals surface area contributed by atoms with E-state index in [-0.39, 0.29) is 23.9 Å². The molecule has 1 unspecified atom stereocenters. The number of nitrogens with zero attached hydrogens (tertiary/aromatic N) is 3. The van der Waals surface area contributed by atoms with E-state index in [9.17, 15) is 14.4 Å². The number of imidazole rings is 1. The number of rotatable bonds is 3. The van der Waals surface area contributed by atoms with E-state index in [1.54, 1.807) is 16.2 Å². The lowest BCUT2D eigenvalue weighted by Crippen LogP contribution is -2.53. The van der Waals surface area contributed by atoms with E-state index in [0.29, 0.717) is 18.4 Å². The van der Waals surface area contributed by atoms with E-state index < -0.39 is 6.04 Å². The summed E-state index contributed by atoms with van der Waals surface area (Å²) in [6.45, 7) is 4.21. The second-order valence-electron chi connectivity index (χ2n) is 8.53. The van der Waals surface area contributed by atoms with Crippen molar-refractivity contribution in [2.24, 2.45) is 7.05 Å². The van der Waals surface area contributed by atoms with Crippen molar-refractivity contribution in [1.82, 2.24) is 24.7 Å². The minimum Gasteiger partial charge on any atom is -0.317 e. The number of imide groups is 1. The first-order chi connectivity index (χ1) is 14.0. The molecule has 2 N–H and O–H groups in total. The zero-order chi connectivity index (χ0) is 20.1. The fraction of sp³-hybridized carbons (Fsp3) is 0.571. The largest absolute Gasteiger partial charge is 0.329 e. The molecule has 0 radical (unpaired) electrons. The van der Waals surface area contributed by atoms with Gasteiger partial charge in [0.15, 0.2) is 0 Å². The Kier molecular flexibility index (Phi) is 4.55. The highest BCUT2D eigenvalue weighted by atomic mass is 16.2. The number of amides is 2. The van der Waals surface area contributed by atoms with E-state index in [4.69, 9.17) is 0 Å². The van der Waals surface area contributed by atoms with Crippen molar-refractivity contribution in [3.63, 3.8) is 0 Å². The maximum atomic E-state index is 13.1. The molecule has 3 fully saturated rings. The molecule has 29 heavy (non-hydrogen) atoms. The van der Waals surface area contributed by atoms with E-state index >= 15 is 0 Å². The normalized spacial score (nSPS) is 24.7. The monoisotopic (exact) mass is 397 g/mol. The Morgan fingerprint density at radius 2 is 1.79 bits per heavy atom. The Morgan fingerprint density at radius 1 is 1.03 bits per heavy atom. The van der Waals surface area contributed by atoms with Gasteiger partial charge in [0.1, 0.15) is 6.04 Å². The molecule has 4 heterocycles. The number of likely N-dealkylation sites (tertiary alicyclic amines) is 1. The lowest BCUT2D eigenvalue weighted by atomic mass is 9.87. The number of fused-ring (bicyclic) bond motifs is 1. The Bertz CT molecular complexity index is 1030. The molecular weight excluding hydrogens is 370 g/mol. The molecule has 2 aromatic rings. The Morgan fingerprint density at radius 3 is 2.52 bits per heavy atom. The maximum Gasteiger partial charge on any atom is 0.329 e. The van der Waals surface area contributed by atoms with Crippen LogP contribution in [0.2, 0.25) is 0 Å². The first-order valence-electron chi connectivity index (χ1n) is 10.5. The van der Waals surface area contributed by atoms with Gasteiger partial charge < -0.3 is 5.32 Å². The highest BCUT2D eigenvalue weighted by Gasteiger charge is 2.36. The van der Waals surface area contributed by atoms with E-state index in [0.717, 1.165) is 37.2 Å². The van der Waals surface area contributed by atoms with Gasteiger partial charge in [-0.3, -0.25) is 28.9 Å². The predicted molar refractivity (Wildman–Crippen MR) is 109 cm³/mol. The van der Waals surface area contributed by atoms with Gasteiger partial charge in [0, 0.05) is 38.5 Å². The molecule has 1 aromatic carbocycles. The lowest BCUT2D eigenvalue weighted by molar-refractivity contribution is -0.135. The summed E-state index contributed by atoms with van der Waals surface area (Å²) >= 11 is 0. The molecular formula is C21H27N5O3. The van der Waals surface area contributed by atoms with Crippen LogP contribution in [0.25, 0.3) is 11.0 Å². The second kappa shape index (κ2) is 7.11. The Labute approximate surface area is 168 Å². The number of aromatic nitrogens is 2. The number of hydrogen-bond acceptors (Lipinski definition) is 5. The SMILES string of the molecule is Cn1c(=O)n(C2CCC(=O)NC2=O)c2cccc(C3CN(C4CCNCC4)C3)c21. The Balaban J connectivity index is 1.47. The Hall–Kier alpha value is -2.45. The average Bonchev–Trinajstić information content (AvgIpc) is 2.93. The summed E-state index contributed by atoms with van der Waals surface area (Å²) in [7, 11) is 1.78. The average molecular weight is 397 g/mol. The highest BCUT2D eigenvalue weighted by Crippen LogP contribution is 2.35. The molecule has 5 rings (SSSR count). The molecule has 1 atom stereocenters. The molecule has 3 aliphatic rings. The smallest absolute Gasteiger partial charge is 0.317 e. The summed E-state index contributed by atoms with van der Waals surface area (Å²) < 4.78 is 3.24. The van der Waals surface area contributed by atoms with Gasteiger partial charge in [-0.05, 0) is 44.0 Å². The summed E-state index contributed by atoms with van der Waals surface area (Å²) in [6.07, 6.45) is 3.01. The third kappa shape index (κ3) is 3.02. The van der Waals surface area contributed by atoms with E-state index in [1.165, 1.54) is 18.4 Å². The molecule has 2 amide bonds. The number of hydrogen-bond donors (Lipinski definition) is 2. The van der Waals surface area contributed by atoms with Gasteiger partial charge in [-0.2, -0.15) is 0 Å². The minimum absolute atomic E-state index is 0.198. The van der Waals surface area contributed by atoms with Crippen molar-refractivity contribution in [3.8, 4) is 0 Å². The van der Waals surface area contributed by atoms with Crippen molar-refractivity contribution in [2.75, 3.05) is 26.2 Å². The van der Waals surface area contributed by atoms with E-state index in [1.807, 2.05) is 12.1 Å². The molecule has 3 saturated heterocycles. The van der Waals surface area contributed by atoms with Crippen LogP contribution in [0, 0.1) is 0 Å². The maximum absolute atomic E-state index is 13.1. The third-order valence-corrected chi connectivity index (χ3v) is 6.83. The zero-order valence-electron chi connectivity index (χ0n) is 16.7. The molecule has 0 spiro atoms. The third-order valence-electron chi connectivity index (χ3n) is 6.83. The summed E-state index contributed by atoms with van der Waals surface area (Å²) in [6, 6.07) is 6.02.